The number of nitrogens with zero attached hydrogens (tertiary/aromatic N) is 2. The van der Waals surface area contributed by atoms with Gasteiger partial charge in [-0.1, -0.05) is 23.2 Å². The molecule has 0 amide bonds. The van der Waals surface area contributed by atoms with Crippen molar-refractivity contribution in [2.45, 2.75) is 26.8 Å². The topological polar surface area (TPSA) is 34.9 Å². The SMILES string of the molecule is Cc1cc(Cl)cc(C(=O)c2c(Cl)cnn2C(C)C)c1. The fraction of sp³-hybridized carbons (Fsp3) is 0.286. The minimum Gasteiger partial charge on any atom is -0.287 e. The molecule has 100 valence electrons. The van der Waals surface area contributed by atoms with Gasteiger partial charge in [-0.3, -0.25) is 9.48 Å². The van der Waals surface area contributed by atoms with E-state index in [1.165, 1.54) is 6.20 Å². The van der Waals surface area contributed by atoms with E-state index in [1.807, 2.05) is 20.8 Å². The molecule has 2 aromatic rings. The lowest BCUT2D eigenvalue weighted by Crippen LogP contribution is -2.14. The standard InChI is InChI=1S/C14H14Cl2N2O/c1-8(2)18-13(12(16)7-17-18)14(19)10-4-9(3)5-11(15)6-10/h4-8H,1-3H3. The van der Waals surface area contributed by atoms with Crippen LogP contribution in [0.15, 0.2) is 24.4 Å². The van der Waals surface area contributed by atoms with Crippen molar-refractivity contribution >= 4 is 29.0 Å². The second-order valence-electron chi connectivity index (χ2n) is 4.73. The molecule has 2 rings (SSSR count). The Hall–Kier alpha value is -1.32. The third kappa shape index (κ3) is 2.82. The predicted octanol–water partition coefficient (Wildman–Crippen LogP) is 4.31. The largest absolute Gasteiger partial charge is 0.287 e. The van der Waals surface area contributed by atoms with Gasteiger partial charge >= 0.3 is 0 Å². The van der Waals surface area contributed by atoms with E-state index >= 15 is 0 Å². The van der Waals surface area contributed by atoms with E-state index in [9.17, 15) is 4.79 Å². The van der Waals surface area contributed by atoms with E-state index in [0.29, 0.717) is 21.3 Å². The third-order valence-corrected chi connectivity index (χ3v) is 3.25. The highest BCUT2D eigenvalue weighted by Gasteiger charge is 2.21. The monoisotopic (exact) mass is 296 g/mol. The second kappa shape index (κ2) is 5.35. The van der Waals surface area contributed by atoms with Crippen molar-refractivity contribution in [3.63, 3.8) is 0 Å². The highest BCUT2D eigenvalue weighted by molar-refractivity contribution is 6.35. The smallest absolute Gasteiger partial charge is 0.212 e. The highest BCUT2D eigenvalue weighted by Crippen LogP contribution is 2.24. The predicted molar refractivity (Wildman–Crippen MR) is 77.2 cm³/mol. The number of carbonyl (C=O) groups excluding carboxylic acids is 1. The molecule has 0 bridgehead atoms. The van der Waals surface area contributed by atoms with Gasteiger partial charge < -0.3 is 0 Å². The molecule has 0 radical (unpaired) electrons. The van der Waals surface area contributed by atoms with Crippen LogP contribution in [0.2, 0.25) is 10.0 Å². The summed E-state index contributed by atoms with van der Waals surface area (Å²) in [5.41, 5.74) is 1.86. The van der Waals surface area contributed by atoms with Crippen molar-refractivity contribution < 1.29 is 4.79 Å². The summed E-state index contributed by atoms with van der Waals surface area (Å²) < 4.78 is 1.63. The minimum atomic E-state index is -0.165. The first-order chi connectivity index (χ1) is 8.90. The zero-order valence-corrected chi connectivity index (χ0v) is 12.5. The number of aromatic nitrogens is 2. The van der Waals surface area contributed by atoms with Crippen LogP contribution in [0.1, 0.15) is 41.5 Å². The average molecular weight is 297 g/mol. The summed E-state index contributed by atoms with van der Waals surface area (Å²) in [6.07, 6.45) is 1.49. The second-order valence-corrected chi connectivity index (χ2v) is 5.57. The first-order valence-electron chi connectivity index (χ1n) is 5.95. The average Bonchev–Trinajstić information content (AvgIpc) is 2.69. The van der Waals surface area contributed by atoms with Gasteiger partial charge in [0.15, 0.2) is 0 Å². The van der Waals surface area contributed by atoms with Crippen molar-refractivity contribution in [2.24, 2.45) is 0 Å². The number of benzene rings is 1. The number of aryl methyl sites for hydroxylation is 1. The Morgan fingerprint density at radius 1 is 1.26 bits per heavy atom. The lowest BCUT2D eigenvalue weighted by atomic mass is 10.1. The Morgan fingerprint density at radius 2 is 1.95 bits per heavy atom. The number of rotatable bonds is 3. The zero-order chi connectivity index (χ0) is 14.2. The molecular weight excluding hydrogens is 283 g/mol. The molecule has 1 heterocycles. The summed E-state index contributed by atoms with van der Waals surface area (Å²) >= 11 is 12.1. The lowest BCUT2D eigenvalue weighted by Gasteiger charge is -2.11. The lowest BCUT2D eigenvalue weighted by molar-refractivity contribution is 0.102. The van der Waals surface area contributed by atoms with E-state index in [2.05, 4.69) is 5.10 Å². The van der Waals surface area contributed by atoms with Crippen molar-refractivity contribution in [2.75, 3.05) is 0 Å². The van der Waals surface area contributed by atoms with Gasteiger partial charge in [0.1, 0.15) is 5.69 Å². The molecule has 0 saturated heterocycles. The van der Waals surface area contributed by atoms with E-state index in [4.69, 9.17) is 23.2 Å². The van der Waals surface area contributed by atoms with Crippen LogP contribution in [0.3, 0.4) is 0 Å². The van der Waals surface area contributed by atoms with Gasteiger partial charge in [0.25, 0.3) is 0 Å². The number of ketones is 1. The molecule has 3 nitrogen and oxygen atoms in total. The number of hydrogen-bond acceptors (Lipinski definition) is 2. The Labute approximate surface area is 122 Å². The van der Waals surface area contributed by atoms with Crippen LogP contribution in [0.5, 0.6) is 0 Å². The Balaban J connectivity index is 2.53. The van der Waals surface area contributed by atoms with Gasteiger partial charge in [-0.2, -0.15) is 5.10 Å². The molecule has 0 aliphatic rings. The molecule has 0 fully saturated rings. The van der Waals surface area contributed by atoms with Gasteiger partial charge in [0.05, 0.1) is 11.2 Å². The van der Waals surface area contributed by atoms with E-state index in [1.54, 1.807) is 22.9 Å². The Bertz CT molecular complexity index is 612. The molecule has 1 aromatic heterocycles. The first kappa shape index (κ1) is 14.1. The quantitative estimate of drug-likeness (QED) is 0.791. The molecule has 0 aliphatic heterocycles. The van der Waals surface area contributed by atoms with Crippen molar-refractivity contribution in [1.29, 1.82) is 0 Å². The van der Waals surface area contributed by atoms with Crippen molar-refractivity contribution in [3.8, 4) is 0 Å². The van der Waals surface area contributed by atoms with Gasteiger partial charge in [0, 0.05) is 16.6 Å². The maximum atomic E-state index is 12.6. The first-order valence-corrected chi connectivity index (χ1v) is 6.70. The van der Waals surface area contributed by atoms with Crippen LogP contribution in [-0.4, -0.2) is 15.6 Å². The Morgan fingerprint density at radius 3 is 2.53 bits per heavy atom. The molecular formula is C14H14Cl2N2O. The van der Waals surface area contributed by atoms with E-state index in [-0.39, 0.29) is 11.8 Å². The maximum absolute atomic E-state index is 12.6. The highest BCUT2D eigenvalue weighted by atomic mass is 35.5. The van der Waals surface area contributed by atoms with Crippen LogP contribution < -0.4 is 0 Å². The fourth-order valence-corrected chi connectivity index (χ4v) is 2.46. The third-order valence-electron chi connectivity index (χ3n) is 2.76. The number of carbonyl (C=O) groups is 1. The fourth-order valence-electron chi connectivity index (χ4n) is 1.95. The van der Waals surface area contributed by atoms with Crippen LogP contribution in [0, 0.1) is 6.92 Å². The van der Waals surface area contributed by atoms with Gasteiger partial charge in [-0.15, -0.1) is 0 Å². The van der Waals surface area contributed by atoms with Crippen LogP contribution in [0.25, 0.3) is 0 Å². The van der Waals surface area contributed by atoms with Gasteiger partial charge in [0.2, 0.25) is 5.78 Å². The molecule has 5 heteroatoms. The van der Waals surface area contributed by atoms with Crippen LogP contribution >= 0.6 is 23.2 Å². The minimum absolute atomic E-state index is 0.0618. The summed E-state index contributed by atoms with van der Waals surface area (Å²) in [4.78, 5) is 12.6. The molecule has 0 saturated carbocycles. The molecule has 1 aromatic carbocycles. The molecule has 0 atom stereocenters. The summed E-state index contributed by atoms with van der Waals surface area (Å²) in [6, 6.07) is 5.30. The summed E-state index contributed by atoms with van der Waals surface area (Å²) in [7, 11) is 0. The van der Waals surface area contributed by atoms with Gasteiger partial charge in [-0.25, -0.2) is 0 Å². The molecule has 19 heavy (non-hydrogen) atoms. The van der Waals surface area contributed by atoms with E-state index in [0.717, 1.165) is 5.56 Å². The zero-order valence-electron chi connectivity index (χ0n) is 10.9. The normalized spacial score (nSPS) is 11.1. The van der Waals surface area contributed by atoms with Crippen molar-refractivity contribution in [1.82, 2.24) is 9.78 Å². The summed E-state index contributed by atoms with van der Waals surface area (Å²) in [5, 5.41) is 5.03. The van der Waals surface area contributed by atoms with Gasteiger partial charge in [-0.05, 0) is 44.5 Å². The molecule has 0 unspecified atom stereocenters. The molecule has 0 aliphatic carbocycles. The summed E-state index contributed by atoms with van der Waals surface area (Å²) in [6.45, 7) is 5.79. The Kier molecular flexibility index (Phi) is 3.97. The molecule has 0 spiro atoms. The van der Waals surface area contributed by atoms with E-state index < -0.39 is 0 Å². The maximum Gasteiger partial charge on any atom is 0.212 e. The number of hydrogen-bond donors (Lipinski definition) is 0. The van der Waals surface area contributed by atoms with Crippen molar-refractivity contribution in [3.05, 3.63) is 51.3 Å². The summed E-state index contributed by atoms with van der Waals surface area (Å²) in [5.74, 6) is -0.165. The van der Waals surface area contributed by atoms with Crippen LogP contribution in [-0.2, 0) is 0 Å². The number of halogens is 2. The van der Waals surface area contributed by atoms with Crippen LogP contribution in [0.4, 0.5) is 0 Å². The molecule has 0 N–H and O–H groups in total.